The molecule has 0 heterocycles. The lowest BCUT2D eigenvalue weighted by atomic mass is 9.63. The van der Waals surface area contributed by atoms with Crippen LogP contribution in [0.4, 0.5) is 0 Å². The van der Waals surface area contributed by atoms with Crippen LogP contribution in [0.2, 0.25) is 0 Å². The molecule has 4 nitrogen and oxygen atoms in total. The zero-order chi connectivity index (χ0) is 14.1. The van der Waals surface area contributed by atoms with E-state index in [1.807, 2.05) is 0 Å². The Balaban J connectivity index is 1.87. The Bertz CT molecular complexity index is 343. The average molecular weight is 270 g/mol. The summed E-state index contributed by atoms with van der Waals surface area (Å²) in [4.78, 5) is 0. The number of hydrogen-bond acceptors (Lipinski definition) is 4. The molecule has 110 valence electrons. The molecule has 0 aromatic carbocycles. The largest absolute Gasteiger partial charge is 0.390 e. The van der Waals surface area contributed by atoms with Crippen molar-refractivity contribution in [2.24, 2.45) is 5.92 Å². The molecule has 0 spiro atoms. The summed E-state index contributed by atoms with van der Waals surface area (Å²) in [5, 5.41) is 30.6. The Kier molecular flexibility index (Phi) is 4.35. The summed E-state index contributed by atoms with van der Waals surface area (Å²) in [6.07, 6.45) is 4.43. The van der Waals surface area contributed by atoms with Gasteiger partial charge in [-0.1, -0.05) is 19.4 Å². The normalized spacial score (nSPS) is 39.9. The predicted molar refractivity (Wildman–Crippen MR) is 72.5 cm³/mol. The molecule has 19 heavy (non-hydrogen) atoms. The SMILES string of the molecule is C=C(C)C(O)OCCC1(O)CC2CCCC(O)(C2)C1. The summed E-state index contributed by atoms with van der Waals surface area (Å²) in [6, 6.07) is 0. The Labute approximate surface area is 115 Å². The smallest absolute Gasteiger partial charge is 0.176 e. The van der Waals surface area contributed by atoms with Crippen molar-refractivity contribution < 1.29 is 20.1 Å². The van der Waals surface area contributed by atoms with E-state index in [4.69, 9.17) is 4.74 Å². The second kappa shape index (κ2) is 5.52. The molecule has 4 heteroatoms. The van der Waals surface area contributed by atoms with Gasteiger partial charge in [-0.15, -0.1) is 0 Å². The van der Waals surface area contributed by atoms with Crippen molar-refractivity contribution >= 4 is 0 Å². The standard InChI is InChI=1S/C15H26O4/c1-11(2)13(16)19-7-6-15(18)9-12-4-3-5-14(17,8-12)10-15/h12-13,16-18H,1,3-10H2,2H3. The van der Waals surface area contributed by atoms with Gasteiger partial charge in [0, 0.05) is 6.42 Å². The first-order valence-electron chi connectivity index (χ1n) is 7.22. The minimum absolute atomic E-state index is 0.285. The van der Waals surface area contributed by atoms with Gasteiger partial charge in [0.05, 0.1) is 17.8 Å². The molecule has 0 aromatic rings. The molecule has 2 bridgehead atoms. The minimum atomic E-state index is -0.963. The van der Waals surface area contributed by atoms with Crippen LogP contribution in [0.3, 0.4) is 0 Å². The first kappa shape index (κ1) is 15.0. The van der Waals surface area contributed by atoms with Crippen LogP contribution in [0.5, 0.6) is 0 Å². The second-order valence-corrected chi connectivity index (χ2v) is 6.61. The molecule has 2 aliphatic carbocycles. The Morgan fingerprint density at radius 2 is 2.16 bits per heavy atom. The van der Waals surface area contributed by atoms with E-state index in [0.717, 1.165) is 32.1 Å². The van der Waals surface area contributed by atoms with Gasteiger partial charge in [-0.3, -0.25) is 0 Å². The molecule has 2 fully saturated rings. The zero-order valence-electron chi connectivity index (χ0n) is 11.8. The van der Waals surface area contributed by atoms with Crippen molar-refractivity contribution in [3.05, 3.63) is 12.2 Å². The Morgan fingerprint density at radius 1 is 1.42 bits per heavy atom. The minimum Gasteiger partial charge on any atom is -0.390 e. The highest BCUT2D eigenvalue weighted by Crippen LogP contribution is 2.48. The fourth-order valence-electron chi connectivity index (χ4n) is 3.71. The van der Waals surface area contributed by atoms with Gasteiger partial charge in [0.1, 0.15) is 0 Å². The maximum atomic E-state index is 10.6. The quantitative estimate of drug-likeness (QED) is 0.525. The number of aliphatic hydroxyl groups is 3. The van der Waals surface area contributed by atoms with E-state index in [9.17, 15) is 15.3 Å². The fraction of sp³-hybridized carbons (Fsp3) is 0.867. The summed E-state index contributed by atoms with van der Waals surface area (Å²) in [5.74, 6) is 0.420. The molecule has 0 saturated heterocycles. The first-order chi connectivity index (χ1) is 8.82. The number of hydrogen-bond donors (Lipinski definition) is 3. The molecule has 0 amide bonds. The van der Waals surface area contributed by atoms with Gasteiger partial charge >= 0.3 is 0 Å². The van der Waals surface area contributed by atoms with Crippen molar-refractivity contribution in [2.45, 2.75) is 69.4 Å². The van der Waals surface area contributed by atoms with E-state index >= 15 is 0 Å². The third-order valence-corrected chi connectivity index (χ3v) is 4.51. The van der Waals surface area contributed by atoms with Gasteiger partial charge in [-0.05, 0) is 44.1 Å². The van der Waals surface area contributed by atoms with E-state index in [1.165, 1.54) is 0 Å². The average Bonchev–Trinajstić information content (AvgIpc) is 2.26. The molecular formula is C15H26O4. The number of rotatable bonds is 5. The van der Waals surface area contributed by atoms with E-state index < -0.39 is 17.5 Å². The molecule has 0 radical (unpaired) electrons. The van der Waals surface area contributed by atoms with Gasteiger partial charge < -0.3 is 20.1 Å². The van der Waals surface area contributed by atoms with Crippen LogP contribution >= 0.6 is 0 Å². The molecule has 4 unspecified atom stereocenters. The highest BCUT2D eigenvalue weighted by atomic mass is 16.6. The monoisotopic (exact) mass is 270 g/mol. The Morgan fingerprint density at radius 3 is 2.79 bits per heavy atom. The summed E-state index contributed by atoms with van der Waals surface area (Å²) in [6.45, 7) is 5.60. The van der Waals surface area contributed by atoms with Crippen LogP contribution < -0.4 is 0 Å². The first-order valence-corrected chi connectivity index (χ1v) is 7.22. The maximum Gasteiger partial charge on any atom is 0.176 e. The number of fused-ring (bicyclic) bond motifs is 2. The molecule has 3 N–H and O–H groups in total. The summed E-state index contributed by atoms with van der Waals surface area (Å²) >= 11 is 0. The van der Waals surface area contributed by atoms with Gasteiger partial charge in [0.2, 0.25) is 0 Å². The van der Waals surface area contributed by atoms with Crippen molar-refractivity contribution in [3.8, 4) is 0 Å². The fourth-order valence-corrected chi connectivity index (χ4v) is 3.71. The molecule has 2 aliphatic rings. The van der Waals surface area contributed by atoms with Crippen LogP contribution in [0.25, 0.3) is 0 Å². The van der Waals surface area contributed by atoms with Crippen molar-refractivity contribution in [3.63, 3.8) is 0 Å². The topological polar surface area (TPSA) is 69.9 Å². The Hall–Kier alpha value is -0.420. The zero-order valence-corrected chi connectivity index (χ0v) is 11.8. The van der Waals surface area contributed by atoms with Gasteiger partial charge in [0.15, 0.2) is 6.29 Å². The van der Waals surface area contributed by atoms with Crippen molar-refractivity contribution in [1.29, 1.82) is 0 Å². The predicted octanol–water partition coefficient (Wildman–Crippen LogP) is 1.73. The van der Waals surface area contributed by atoms with Crippen LogP contribution in [-0.2, 0) is 4.74 Å². The number of ether oxygens (including phenoxy) is 1. The lowest BCUT2D eigenvalue weighted by Gasteiger charge is -2.49. The van der Waals surface area contributed by atoms with Crippen LogP contribution in [0.1, 0.15) is 51.9 Å². The molecular weight excluding hydrogens is 244 g/mol. The van der Waals surface area contributed by atoms with Crippen LogP contribution in [0.15, 0.2) is 12.2 Å². The number of aliphatic hydroxyl groups excluding tert-OH is 1. The lowest BCUT2D eigenvalue weighted by Crippen LogP contribution is -2.51. The van der Waals surface area contributed by atoms with Crippen molar-refractivity contribution in [1.82, 2.24) is 0 Å². The second-order valence-electron chi connectivity index (χ2n) is 6.61. The molecule has 2 saturated carbocycles. The van der Waals surface area contributed by atoms with Crippen LogP contribution in [0, 0.1) is 5.92 Å². The van der Waals surface area contributed by atoms with E-state index in [0.29, 0.717) is 24.3 Å². The van der Waals surface area contributed by atoms with E-state index in [-0.39, 0.29) is 6.61 Å². The van der Waals surface area contributed by atoms with Gasteiger partial charge in [-0.2, -0.15) is 0 Å². The summed E-state index contributed by atoms with van der Waals surface area (Å²) in [7, 11) is 0. The van der Waals surface area contributed by atoms with Gasteiger partial charge in [-0.25, -0.2) is 0 Å². The molecule has 2 rings (SSSR count). The lowest BCUT2D eigenvalue weighted by molar-refractivity contribution is -0.155. The highest BCUT2D eigenvalue weighted by molar-refractivity contribution is 5.01. The third-order valence-electron chi connectivity index (χ3n) is 4.51. The molecule has 0 aromatic heterocycles. The summed E-state index contributed by atoms with van der Waals surface area (Å²) < 4.78 is 5.24. The van der Waals surface area contributed by atoms with Crippen LogP contribution in [-0.4, -0.2) is 39.4 Å². The van der Waals surface area contributed by atoms with Gasteiger partial charge in [0.25, 0.3) is 0 Å². The highest BCUT2D eigenvalue weighted by Gasteiger charge is 2.48. The third kappa shape index (κ3) is 3.78. The molecule has 4 atom stereocenters. The summed E-state index contributed by atoms with van der Waals surface area (Å²) in [5.41, 5.74) is -0.985. The molecule has 0 aliphatic heterocycles. The maximum absolute atomic E-state index is 10.6. The van der Waals surface area contributed by atoms with Crippen molar-refractivity contribution in [2.75, 3.05) is 6.61 Å². The van der Waals surface area contributed by atoms with E-state index in [1.54, 1.807) is 6.92 Å². The van der Waals surface area contributed by atoms with E-state index in [2.05, 4.69) is 6.58 Å².